The molecule has 11 N–H and O–H groups in total. The van der Waals surface area contributed by atoms with Gasteiger partial charge in [0.05, 0.1) is 13.1 Å². The van der Waals surface area contributed by atoms with Gasteiger partial charge in [-0.15, -0.1) is 0 Å². The molecule has 0 bridgehead atoms. The number of carbonyl (C=O) groups excluding carboxylic acids is 3. The van der Waals surface area contributed by atoms with Crippen LogP contribution in [0, 0.1) is 0 Å². The highest BCUT2D eigenvalue weighted by Crippen LogP contribution is 2.29. The number of likely N-dealkylation sites (tertiary alicyclic amines) is 1. The number of carbonyl (C=O) groups is 7. The topological polar surface area (TPSA) is 297 Å². The Morgan fingerprint density at radius 2 is 1.19 bits per heavy atom. The molecule has 0 atom stereocenters. The van der Waals surface area contributed by atoms with E-state index in [0.717, 1.165) is 36.1 Å². The number of primary amides is 1. The number of rotatable bonds is 7. The molecule has 17 nitrogen and oxygen atoms in total. The van der Waals surface area contributed by atoms with Gasteiger partial charge in [-0.05, 0) is 54.7 Å². The van der Waals surface area contributed by atoms with E-state index in [1.54, 1.807) is 23.1 Å². The Morgan fingerprint density at radius 1 is 0.707 bits per heavy atom. The summed E-state index contributed by atoms with van der Waals surface area (Å²) < 4.78 is 95.2. The molecule has 0 unspecified atom stereocenters. The summed E-state index contributed by atoms with van der Waals surface area (Å²) in [5.74, 6) is -9.74. The van der Waals surface area contributed by atoms with Gasteiger partial charge in [0.15, 0.2) is 0 Å². The second kappa shape index (κ2) is 23.3. The summed E-state index contributed by atoms with van der Waals surface area (Å²) in [4.78, 5) is 75.6. The highest BCUT2D eigenvalue weighted by Gasteiger charge is 2.39. The van der Waals surface area contributed by atoms with Crippen LogP contribution in [0.25, 0.3) is 0 Å². The van der Waals surface area contributed by atoms with Gasteiger partial charge in [-0.2, -0.15) is 39.5 Å². The number of hydrogen-bond donors (Lipinski definition) is 8. The number of fused-ring (bicyclic) bond motifs is 1. The highest BCUT2D eigenvalue weighted by atomic mass is 19.4. The molecule has 4 rings (SSSR count). The SMILES string of the molecule is NCC(=O)N1CCc2ccc(C(N)=O)cc21.NCc1cccc(C(=O)N2CCC(NCC(=O)O)CC2)c1.O=C(O)C(F)(F)F.O=C(O)C(F)(F)F.O=C(O)C(F)(F)F. The Hall–Kier alpha value is -6.02. The summed E-state index contributed by atoms with van der Waals surface area (Å²) >= 11 is 0. The number of hydrogen-bond acceptors (Lipinski definition) is 10. The number of piperidine rings is 1. The third-order valence-corrected chi connectivity index (χ3v) is 7.20. The molecule has 2 aromatic rings. The van der Waals surface area contributed by atoms with Crippen molar-refractivity contribution in [2.24, 2.45) is 17.2 Å². The van der Waals surface area contributed by atoms with Crippen LogP contribution in [0.4, 0.5) is 45.2 Å². The van der Waals surface area contributed by atoms with Crippen molar-refractivity contribution in [3.63, 3.8) is 0 Å². The van der Waals surface area contributed by atoms with Crippen molar-refractivity contribution in [1.82, 2.24) is 10.2 Å². The zero-order valence-corrected chi connectivity index (χ0v) is 29.7. The number of anilines is 1. The molecule has 2 aromatic carbocycles. The second-order valence-electron chi connectivity index (χ2n) is 11.4. The molecule has 0 aromatic heterocycles. The van der Waals surface area contributed by atoms with Crippen molar-refractivity contribution in [2.45, 2.75) is 50.4 Å². The van der Waals surface area contributed by atoms with Gasteiger partial charge >= 0.3 is 42.4 Å². The molecule has 2 aliphatic heterocycles. The average molecular weight is 853 g/mol. The molecule has 1 saturated heterocycles. The number of benzene rings is 2. The van der Waals surface area contributed by atoms with E-state index in [2.05, 4.69) is 5.32 Å². The maximum Gasteiger partial charge on any atom is 0.490 e. The maximum atomic E-state index is 12.4. The molecule has 2 aliphatic rings. The van der Waals surface area contributed by atoms with E-state index in [4.69, 9.17) is 52.0 Å². The molecule has 58 heavy (non-hydrogen) atoms. The Balaban J connectivity index is 0.000000771. The minimum Gasteiger partial charge on any atom is -0.480 e. The third-order valence-electron chi connectivity index (χ3n) is 7.20. The molecule has 2 heterocycles. The van der Waals surface area contributed by atoms with E-state index in [1.165, 1.54) is 0 Å². The minimum absolute atomic E-state index is 0.0157. The predicted octanol–water partition coefficient (Wildman–Crippen LogP) is 1.96. The fourth-order valence-corrected chi connectivity index (χ4v) is 4.43. The molecule has 1 fully saturated rings. The third kappa shape index (κ3) is 19.2. The number of aliphatic carboxylic acids is 4. The first-order valence-corrected chi connectivity index (χ1v) is 15.9. The molecule has 0 saturated carbocycles. The normalized spacial score (nSPS) is 13.6. The lowest BCUT2D eigenvalue weighted by Gasteiger charge is -2.32. The van der Waals surface area contributed by atoms with Crippen LogP contribution in [0.5, 0.6) is 0 Å². The lowest BCUT2D eigenvalue weighted by molar-refractivity contribution is -0.193. The maximum absolute atomic E-state index is 12.4. The van der Waals surface area contributed by atoms with Crippen LogP contribution in [-0.2, 0) is 36.9 Å². The van der Waals surface area contributed by atoms with E-state index < -0.39 is 48.3 Å². The van der Waals surface area contributed by atoms with Gasteiger partial charge in [0.25, 0.3) is 5.91 Å². The number of halogens is 9. The standard InChI is InChI=1S/C15H21N3O3.C11H13N3O2.3C2HF3O2/c16-9-11-2-1-3-12(8-11)15(21)18-6-4-13(5-7-18)17-10-14(19)20;12-6-10(15)14-4-3-7-1-2-8(11(13)16)5-9(7)14;3*3-2(4,5)1(6)7/h1-3,8,13,17H,4-7,9-10,16H2,(H,19,20);1-2,5H,3-4,6,12H2,(H2,13,16);3*(H,6,7). The quantitative estimate of drug-likeness (QED) is 0.185. The van der Waals surface area contributed by atoms with Crippen LogP contribution in [-0.4, -0.2) is 124 Å². The smallest absolute Gasteiger partial charge is 0.480 e. The van der Waals surface area contributed by atoms with Gasteiger partial charge in [0.1, 0.15) is 0 Å². The van der Waals surface area contributed by atoms with E-state index >= 15 is 0 Å². The lowest BCUT2D eigenvalue weighted by Crippen LogP contribution is -2.46. The van der Waals surface area contributed by atoms with E-state index in [0.29, 0.717) is 37.3 Å². The van der Waals surface area contributed by atoms with Gasteiger partial charge < -0.3 is 52.7 Å². The summed E-state index contributed by atoms with van der Waals surface area (Å²) in [5.41, 5.74) is 19.9. The van der Waals surface area contributed by atoms with Crippen LogP contribution in [0.1, 0.15) is 44.7 Å². The summed E-state index contributed by atoms with van der Waals surface area (Å²) in [6, 6.07) is 12.7. The van der Waals surface area contributed by atoms with Gasteiger partial charge in [-0.25, -0.2) is 14.4 Å². The summed E-state index contributed by atoms with van der Waals surface area (Å²) in [5, 5.41) is 33.0. The first-order valence-electron chi connectivity index (χ1n) is 15.9. The molecule has 0 aliphatic carbocycles. The first kappa shape index (κ1) is 52.0. The number of nitrogens with two attached hydrogens (primary N) is 3. The Labute approximate surface area is 321 Å². The Bertz CT molecular complexity index is 1690. The van der Waals surface area contributed by atoms with Crippen molar-refractivity contribution >= 4 is 47.3 Å². The minimum atomic E-state index is -5.08. The number of amides is 3. The molecule has 3 amide bonds. The summed E-state index contributed by atoms with van der Waals surface area (Å²) in [7, 11) is 0. The average Bonchev–Trinajstić information content (AvgIpc) is 3.57. The van der Waals surface area contributed by atoms with E-state index in [1.807, 2.05) is 29.2 Å². The van der Waals surface area contributed by atoms with Crippen LogP contribution >= 0.6 is 0 Å². The summed E-state index contributed by atoms with van der Waals surface area (Å²) in [6.07, 6.45) is -12.9. The van der Waals surface area contributed by atoms with Crippen LogP contribution in [0.2, 0.25) is 0 Å². The molecule has 0 radical (unpaired) electrons. The fraction of sp³-hybridized carbons (Fsp3) is 0.406. The van der Waals surface area contributed by atoms with Gasteiger partial charge in [0, 0.05) is 49.0 Å². The number of nitrogens with zero attached hydrogens (tertiary/aromatic N) is 2. The molecular formula is C32H37F9N6O11. The number of nitrogens with one attached hydrogen (secondary N) is 1. The molecule has 324 valence electrons. The summed E-state index contributed by atoms with van der Waals surface area (Å²) in [6.45, 7) is 2.26. The van der Waals surface area contributed by atoms with E-state index in [9.17, 15) is 58.7 Å². The van der Waals surface area contributed by atoms with Gasteiger partial charge in [-0.1, -0.05) is 18.2 Å². The van der Waals surface area contributed by atoms with Crippen LogP contribution in [0.3, 0.4) is 0 Å². The Morgan fingerprint density at radius 3 is 1.59 bits per heavy atom. The van der Waals surface area contributed by atoms with Crippen molar-refractivity contribution < 1.29 is 93.5 Å². The van der Waals surface area contributed by atoms with Crippen molar-refractivity contribution in [3.05, 3.63) is 64.7 Å². The lowest BCUT2D eigenvalue weighted by atomic mass is 10.0. The van der Waals surface area contributed by atoms with Crippen LogP contribution in [0.15, 0.2) is 42.5 Å². The van der Waals surface area contributed by atoms with Crippen molar-refractivity contribution in [3.8, 4) is 0 Å². The number of carboxylic acids is 4. The second-order valence-corrected chi connectivity index (χ2v) is 11.4. The molecule has 26 heteroatoms. The van der Waals surface area contributed by atoms with Crippen LogP contribution < -0.4 is 27.4 Å². The zero-order valence-electron chi connectivity index (χ0n) is 29.7. The van der Waals surface area contributed by atoms with Crippen molar-refractivity contribution in [2.75, 3.05) is 37.6 Å². The Kier molecular flexibility index (Phi) is 20.9. The molecular weight excluding hydrogens is 815 g/mol. The van der Waals surface area contributed by atoms with Crippen molar-refractivity contribution in [1.29, 1.82) is 0 Å². The van der Waals surface area contributed by atoms with Gasteiger partial charge in [0.2, 0.25) is 11.8 Å². The monoisotopic (exact) mass is 852 g/mol. The van der Waals surface area contributed by atoms with E-state index in [-0.39, 0.29) is 30.9 Å². The highest BCUT2D eigenvalue weighted by molar-refractivity contribution is 6.00. The molecule has 0 spiro atoms. The fourth-order valence-electron chi connectivity index (χ4n) is 4.43. The first-order chi connectivity index (χ1) is 26.6. The predicted molar refractivity (Wildman–Crippen MR) is 180 cm³/mol. The zero-order chi connectivity index (χ0) is 45.2. The van der Waals surface area contributed by atoms with Gasteiger partial charge in [-0.3, -0.25) is 19.2 Å². The number of carboxylic acid groups (broad SMARTS) is 4. The largest absolute Gasteiger partial charge is 0.490 e. The number of alkyl halides is 9.